The summed E-state index contributed by atoms with van der Waals surface area (Å²) >= 11 is 0. The van der Waals surface area contributed by atoms with Crippen molar-refractivity contribution in [1.82, 2.24) is 10.3 Å². The number of carbonyl (C=O) groups is 3. The van der Waals surface area contributed by atoms with Crippen LogP contribution in [0.25, 0.3) is 0 Å². The molecule has 3 rings (SSSR count). The third-order valence-corrected chi connectivity index (χ3v) is 6.83. The van der Waals surface area contributed by atoms with Gasteiger partial charge in [-0.1, -0.05) is 38.5 Å². The number of nitrogens with zero attached hydrogens (tertiary/aromatic N) is 1. The first-order chi connectivity index (χ1) is 19.2. The maximum atomic E-state index is 13.3. The fourth-order valence-electron chi connectivity index (χ4n) is 4.70. The molecule has 0 aliphatic carbocycles. The molecule has 40 heavy (non-hydrogen) atoms. The Hall–Kier alpha value is -3.82. The van der Waals surface area contributed by atoms with E-state index in [2.05, 4.69) is 24.1 Å². The standard InChI is InChI=1S/C30H40N2O8/c1-19(2)14-15-23-20(3)39-30(35)24(12-9-13-25(23)40-22-10-7-6-8-11-22)32-29(34)27-28(38-18-37-21(4)33)26(36-5)16-17-31-27/h6-8,10-11,16-17,19-20,23-25H,9,12-15,18H2,1-5H3,(H,32,34)/t20-,23-,24-,25-/m0/s1. The van der Waals surface area contributed by atoms with Crippen molar-refractivity contribution in [1.29, 1.82) is 0 Å². The Morgan fingerprint density at radius 2 is 1.90 bits per heavy atom. The molecule has 10 heteroatoms. The van der Waals surface area contributed by atoms with Gasteiger partial charge in [0.1, 0.15) is 24.0 Å². The summed E-state index contributed by atoms with van der Waals surface area (Å²) in [5, 5.41) is 2.76. The number of hydrogen-bond donors (Lipinski definition) is 1. The number of ether oxygens (including phenoxy) is 5. The second kappa shape index (κ2) is 15.1. The number of benzene rings is 1. The summed E-state index contributed by atoms with van der Waals surface area (Å²) in [5.74, 6) is -0.215. The van der Waals surface area contributed by atoms with Crippen molar-refractivity contribution in [2.45, 2.75) is 78.0 Å². The minimum Gasteiger partial charge on any atom is -0.493 e. The Bertz CT molecular complexity index is 1120. The first-order valence-electron chi connectivity index (χ1n) is 13.7. The molecule has 1 aliphatic rings. The summed E-state index contributed by atoms with van der Waals surface area (Å²) < 4.78 is 28.0. The van der Waals surface area contributed by atoms with Crippen LogP contribution in [0.4, 0.5) is 0 Å². The average Bonchev–Trinajstić information content (AvgIpc) is 2.96. The number of carbonyl (C=O) groups excluding carboxylic acids is 3. The SMILES string of the molecule is COc1ccnc(C(=O)N[C@H]2CCC[C@H](Oc3ccccc3)[C@@H](CCC(C)C)[C@H](C)OC2=O)c1OCOC(C)=O. The molecule has 10 nitrogen and oxygen atoms in total. The molecule has 1 aliphatic heterocycles. The van der Waals surface area contributed by atoms with Crippen molar-refractivity contribution >= 4 is 17.8 Å². The number of aromatic nitrogens is 1. The molecule has 1 fully saturated rings. The van der Waals surface area contributed by atoms with Gasteiger partial charge in [-0.3, -0.25) is 9.59 Å². The molecule has 218 valence electrons. The topological polar surface area (TPSA) is 122 Å². The molecular weight excluding hydrogens is 516 g/mol. The summed E-state index contributed by atoms with van der Waals surface area (Å²) in [6.07, 6.45) is 4.31. The lowest BCUT2D eigenvalue weighted by Crippen LogP contribution is -2.44. The summed E-state index contributed by atoms with van der Waals surface area (Å²) in [7, 11) is 1.41. The summed E-state index contributed by atoms with van der Waals surface area (Å²) in [6, 6.07) is 10.3. The van der Waals surface area contributed by atoms with Crippen molar-refractivity contribution in [2.75, 3.05) is 13.9 Å². The highest BCUT2D eigenvalue weighted by molar-refractivity contribution is 5.98. The number of methoxy groups -OCH3 is 1. The Morgan fingerprint density at radius 1 is 1.15 bits per heavy atom. The van der Waals surface area contributed by atoms with E-state index < -0.39 is 36.8 Å². The van der Waals surface area contributed by atoms with Crippen LogP contribution in [0.5, 0.6) is 17.2 Å². The highest BCUT2D eigenvalue weighted by atomic mass is 16.7. The number of hydrogen-bond acceptors (Lipinski definition) is 9. The lowest BCUT2D eigenvalue weighted by Gasteiger charge is -2.32. The minimum atomic E-state index is -0.898. The predicted molar refractivity (Wildman–Crippen MR) is 147 cm³/mol. The summed E-state index contributed by atoms with van der Waals surface area (Å²) in [5.41, 5.74) is -0.104. The number of nitrogens with one attached hydrogen (secondary N) is 1. The van der Waals surface area contributed by atoms with Crippen LogP contribution < -0.4 is 19.5 Å². The van der Waals surface area contributed by atoms with E-state index in [0.29, 0.717) is 25.2 Å². The van der Waals surface area contributed by atoms with Crippen LogP contribution in [0.2, 0.25) is 0 Å². The van der Waals surface area contributed by atoms with Crippen molar-refractivity contribution in [3.05, 3.63) is 48.3 Å². The molecule has 1 N–H and O–H groups in total. The van der Waals surface area contributed by atoms with E-state index in [1.165, 1.54) is 26.3 Å². The van der Waals surface area contributed by atoms with Crippen LogP contribution in [-0.4, -0.2) is 55.0 Å². The van der Waals surface area contributed by atoms with Crippen molar-refractivity contribution in [3.63, 3.8) is 0 Å². The fourth-order valence-corrected chi connectivity index (χ4v) is 4.70. The average molecular weight is 557 g/mol. The molecule has 1 aromatic carbocycles. The van der Waals surface area contributed by atoms with E-state index in [9.17, 15) is 14.4 Å². The first kappa shape index (κ1) is 30.7. The molecule has 1 aromatic heterocycles. The van der Waals surface area contributed by atoms with E-state index in [-0.39, 0.29) is 29.2 Å². The lowest BCUT2D eigenvalue weighted by molar-refractivity contribution is -0.154. The zero-order valence-electron chi connectivity index (χ0n) is 23.9. The van der Waals surface area contributed by atoms with Crippen molar-refractivity contribution < 1.29 is 38.1 Å². The Morgan fingerprint density at radius 3 is 2.58 bits per heavy atom. The molecule has 2 heterocycles. The van der Waals surface area contributed by atoms with Gasteiger partial charge in [-0.05, 0) is 50.7 Å². The van der Waals surface area contributed by atoms with E-state index in [1.807, 2.05) is 37.3 Å². The molecule has 0 saturated carbocycles. The van der Waals surface area contributed by atoms with E-state index in [4.69, 9.17) is 23.7 Å². The van der Waals surface area contributed by atoms with Gasteiger partial charge in [0.15, 0.2) is 17.2 Å². The van der Waals surface area contributed by atoms with Gasteiger partial charge in [-0.25, -0.2) is 9.78 Å². The number of para-hydroxylation sites is 1. The predicted octanol–water partition coefficient (Wildman–Crippen LogP) is 4.70. The molecule has 0 radical (unpaired) electrons. The van der Waals surface area contributed by atoms with Crippen LogP contribution in [-0.2, 0) is 19.1 Å². The maximum Gasteiger partial charge on any atom is 0.328 e. The van der Waals surface area contributed by atoms with Crippen LogP contribution in [0.15, 0.2) is 42.6 Å². The van der Waals surface area contributed by atoms with Gasteiger partial charge >= 0.3 is 11.9 Å². The number of pyridine rings is 1. The van der Waals surface area contributed by atoms with Gasteiger partial charge in [0.2, 0.25) is 6.79 Å². The second-order valence-electron chi connectivity index (χ2n) is 10.3. The monoisotopic (exact) mass is 556 g/mol. The van der Waals surface area contributed by atoms with Crippen LogP contribution in [0, 0.1) is 11.8 Å². The highest BCUT2D eigenvalue weighted by Crippen LogP contribution is 2.32. The van der Waals surface area contributed by atoms with E-state index in [1.54, 1.807) is 0 Å². The minimum absolute atomic E-state index is 0.00127. The second-order valence-corrected chi connectivity index (χ2v) is 10.3. The van der Waals surface area contributed by atoms with Crippen molar-refractivity contribution in [2.24, 2.45) is 11.8 Å². The van der Waals surface area contributed by atoms with Gasteiger partial charge in [0.05, 0.1) is 7.11 Å². The number of esters is 2. The van der Waals surface area contributed by atoms with Gasteiger partial charge in [-0.2, -0.15) is 0 Å². The Kier molecular flexibility index (Phi) is 11.6. The zero-order chi connectivity index (χ0) is 29.1. The zero-order valence-corrected chi connectivity index (χ0v) is 23.9. The molecule has 1 amide bonds. The summed E-state index contributed by atoms with van der Waals surface area (Å²) in [6.45, 7) is 7.03. The van der Waals surface area contributed by atoms with Gasteiger partial charge < -0.3 is 29.0 Å². The van der Waals surface area contributed by atoms with E-state index in [0.717, 1.165) is 18.6 Å². The molecule has 2 aromatic rings. The number of cyclic esters (lactones) is 1. The quantitative estimate of drug-likeness (QED) is 0.310. The highest BCUT2D eigenvalue weighted by Gasteiger charge is 2.36. The summed E-state index contributed by atoms with van der Waals surface area (Å²) in [4.78, 5) is 41.9. The number of rotatable bonds is 11. The third-order valence-electron chi connectivity index (χ3n) is 6.83. The molecule has 1 saturated heterocycles. The van der Waals surface area contributed by atoms with Crippen LogP contribution in [0.3, 0.4) is 0 Å². The Labute approximate surface area is 235 Å². The smallest absolute Gasteiger partial charge is 0.328 e. The van der Waals surface area contributed by atoms with Gasteiger partial charge in [0, 0.05) is 25.1 Å². The normalized spacial score (nSPS) is 21.3. The van der Waals surface area contributed by atoms with Gasteiger partial charge in [0.25, 0.3) is 5.91 Å². The van der Waals surface area contributed by atoms with Gasteiger partial charge in [-0.15, -0.1) is 0 Å². The van der Waals surface area contributed by atoms with Crippen LogP contribution >= 0.6 is 0 Å². The third kappa shape index (κ3) is 8.86. The number of amides is 1. The molecular formula is C30H40N2O8. The molecule has 0 unspecified atom stereocenters. The lowest BCUT2D eigenvalue weighted by atomic mass is 9.86. The molecule has 0 spiro atoms. The van der Waals surface area contributed by atoms with E-state index >= 15 is 0 Å². The van der Waals surface area contributed by atoms with Crippen molar-refractivity contribution in [3.8, 4) is 17.2 Å². The first-order valence-corrected chi connectivity index (χ1v) is 13.7. The fraction of sp³-hybridized carbons (Fsp3) is 0.533. The Balaban J connectivity index is 1.78. The largest absolute Gasteiger partial charge is 0.493 e. The van der Waals surface area contributed by atoms with Crippen LogP contribution in [0.1, 0.15) is 70.3 Å². The molecule has 4 atom stereocenters. The maximum absolute atomic E-state index is 13.3. The molecule has 0 bridgehead atoms.